The maximum Gasteiger partial charge on any atom is 0.253 e. The van der Waals surface area contributed by atoms with Crippen LogP contribution in [0.25, 0.3) is 22.2 Å². The van der Waals surface area contributed by atoms with E-state index < -0.39 is 11.9 Å². The zero-order valence-electron chi connectivity index (χ0n) is 17.6. The Morgan fingerprint density at radius 3 is 2.66 bits per heavy atom. The molecule has 164 valence electrons. The molecule has 0 aliphatic carbocycles. The van der Waals surface area contributed by atoms with E-state index in [-0.39, 0.29) is 10.9 Å². The highest BCUT2D eigenvalue weighted by Gasteiger charge is 2.20. The molecular formula is C24H20Cl2FN3O2. The van der Waals surface area contributed by atoms with Gasteiger partial charge in [-0.3, -0.25) is 9.78 Å². The molecule has 2 aromatic heterocycles. The lowest BCUT2D eigenvalue weighted by Gasteiger charge is -2.19. The van der Waals surface area contributed by atoms with E-state index >= 15 is 0 Å². The number of halogens is 3. The largest absolute Gasteiger partial charge is 0.406 e. The topological polar surface area (TPSA) is 47.4 Å². The first-order valence-corrected chi connectivity index (χ1v) is 10.6. The molecule has 0 fully saturated rings. The summed E-state index contributed by atoms with van der Waals surface area (Å²) in [6.45, 7) is 1.74. The molecular weight excluding hydrogens is 452 g/mol. The minimum Gasteiger partial charge on any atom is -0.406 e. The molecule has 32 heavy (non-hydrogen) atoms. The monoisotopic (exact) mass is 471 g/mol. The van der Waals surface area contributed by atoms with Crippen molar-refractivity contribution in [1.82, 2.24) is 14.6 Å². The number of pyridine rings is 1. The second kappa shape index (κ2) is 8.81. The number of hydrogen-bond acceptors (Lipinski definition) is 3. The number of hydrogen-bond donors (Lipinski definition) is 0. The summed E-state index contributed by atoms with van der Waals surface area (Å²) in [4.78, 5) is 24.4. The molecule has 0 spiro atoms. The molecule has 0 saturated heterocycles. The number of aromatic nitrogens is 2. The van der Waals surface area contributed by atoms with Crippen molar-refractivity contribution in [3.8, 4) is 11.1 Å². The average Bonchev–Trinajstić information content (AvgIpc) is 3.18. The molecule has 0 aliphatic heterocycles. The minimum atomic E-state index is -0.619. The summed E-state index contributed by atoms with van der Waals surface area (Å²) in [5, 5.41) is 0.254. The Morgan fingerprint density at radius 1 is 1.12 bits per heavy atom. The highest BCUT2D eigenvalue weighted by atomic mass is 35.5. The van der Waals surface area contributed by atoms with Crippen LogP contribution in [-0.4, -0.2) is 34.6 Å². The van der Waals surface area contributed by atoms with Crippen molar-refractivity contribution in [3.63, 3.8) is 0 Å². The lowest BCUT2D eigenvalue weighted by atomic mass is 10.0. The minimum absolute atomic E-state index is 0.0670. The maximum absolute atomic E-state index is 13.9. The first-order chi connectivity index (χ1) is 15.3. The summed E-state index contributed by atoms with van der Waals surface area (Å²) >= 11 is 12.4. The fourth-order valence-electron chi connectivity index (χ4n) is 3.47. The van der Waals surface area contributed by atoms with Gasteiger partial charge in [0.15, 0.2) is 6.10 Å². The molecule has 4 rings (SSSR count). The molecule has 1 unspecified atom stereocenters. The van der Waals surface area contributed by atoms with Crippen molar-refractivity contribution >= 4 is 40.1 Å². The number of carbonyl (C=O) groups excluding carboxylic acids is 1. The Balaban J connectivity index is 1.70. The van der Waals surface area contributed by atoms with Gasteiger partial charge in [0.1, 0.15) is 11.3 Å². The number of benzene rings is 2. The Kier molecular flexibility index (Phi) is 6.09. The molecule has 0 bridgehead atoms. The maximum atomic E-state index is 13.9. The van der Waals surface area contributed by atoms with E-state index in [1.807, 2.05) is 30.3 Å². The fraction of sp³-hybridized carbons (Fsp3) is 0.167. The smallest absolute Gasteiger partial charge is 0.253 e. The van der Waals surface area contributed by atoms with Crippen molar-refractivity contribution in [2.24, 2.45) is 0 Å². The van der Waals surface area contributed by atoms with Crippen LogP contribution >= 0.6 is 23.2 Å². The predicted octanol–water partition coefficient (Wildman–Crippen LogP) is 6.04. The van der Waals surface area contributed by atoms with Gasteiger partial charge in [0.2, 0.25) is 0 Å². The Bertz CT molecular complexity index is 1320. The van der Waals surface area contributed by atoms with Crippen LogP contribution < -0.4 is 4.84 Å². The van der Waals surface area contributed by atoms with E-state index in [4.69, 9.17) is 28.0 Å². The van der Waals surface area contributed by atoms with Crippen LogP contribution in [0.15, 0.2) is 60.9 Å². The van der Waals surface area contributed by atoms with Gasteiger partial charge in [-0.1, -0.05) is 35.3 Å². The molecule has 2 heterocycles. The van der Waals surface area contributed by atoms with Crippen LogP contribution in [-0.2, 0) is 0 Å². The number of amides is 1. The number of carbonyl (C=O) groups is 1. The van der Waals surface area contributed by atoms with Crippen LogP contribution in [0.3, 0.4) is 0 Å². The van der Waals surface area contributed by atoms with Gasteiger partial charge in [0, 0.05) is 48.2 Å². The number of fused-ring (bicyclic) bond motifs is 1. The second-order valence-electron chi connectivity index (χ2n) is 7.55. The van der Waals surface area contributed by atoms with E-state index in [1.165, 1.54) is 17.0 Å². The summed E-state index contributed by atoms with van der Waals surface area (Å²) in [6.07, 6.45) is 2.85. The normalized spacial score (nSPS) is 12.1. The predicted molar refractivity (Wildman–Crippen MR) is 125 cm³/mol. The molecule has 5 nitrogen and oxygen atoms in total. The number of rotatable bonds is 5. The average molecular weight is 472 g/mol. The number of nitrogens with zero attached hydrogens (tertiary/aromatic N) is 3. The molecule has 1 amide bonds. The van der Waals surface area contributed by atoms with Crippen LogP contribution in [0.2, 0.25) is 10.0 Å². The van der Waals surface area contributed by atoms with Crippen molar-refractivity contribution < 1.29 is 14.0 Å². The standard InChI is InChI=1S/C24H20Cl2FN3O2/c1-14(22-18(25)7-8-19(27)23(22)26)32-30-10-9-20-21(30)12-17(13-28-20)15-5-4-6-16(11-15)24(31)29(2)3/h4-14H,1-3H3. The van der Waals surface area contributed by atoms with Crippen LogP contribution in [0.1, 0.15) is 28.9 Å². The van der Waals surface area contributed by atoms with Crippen LogP contribution in [0.5, 0.6) is 0 Å². The fourth-order valence-corrected chi connectivity index (χ4v) is 4.14. The quantitative estimate of drug-likeness (QED) is 0.333. The third-order valence-corrected chi connectivity index (χ3v) is 5.82. The Labute approximate surface area is 194 Å². The lowest BCUT2D eigenvalue weighted by Crippen LogP contribution is -2.21. The zero-order chi connectivity index (χ0) is 23.0. The van der Waals surface area contributed by atoms with Gasteiger partial charge < -0.3 is 9.74 Å². The van der Waals surface area contributed by atoms with Gasteiger partial charge in [0.25, 0.3) is 5.91 Å². The highest BCUT2D eigenvalue weighted by Crippen LogP contribution is 2.33. The summed E-state index contributed by atoms with van der Waals surface area (Å²) in [5.41, 5.74) is 4.06. The molecule has 0 saturated carbocycles. The van der Waals surface area contributed by atoms with Gasteiger partial charge in [-0.2, -0.15) is 4.73 Å². The third-order valence-electron chi connectivity index (χ3n) is 5.11. The summed E-state index contributed by atoms with van der Waals surface area (Å²) in [6, 6.07) is 13.8. The van der Waals surface area contributed by atoms with E-state index in [0.717, 1.165) is 16.6 Å². The molecule has 8 heteroatoms. The zero-order valence-corrected chi connectivity index (χ0v) is 19.2. The summed E-state index contributed by atoms with van der Waals surface area (Å²) < 4.78 is 15.5. The SMILES string of the molecule is CC(On1ccc2ncc(-c3cccc(C(=O)N(C)C)c3)cc21)c1c(Cl)ccc(F)c1Cl. The summed E-state index contributed by atoms with van der Waals surface area (Å²) in [7, 11) is 3.43. The third kappa shape index (κ3) is 4.16. The Hall–Kier alpha value is -3.09. The van der Waals surface area contributed by atoms with Gasteiger partial charge in [-0.25, -0.2) is 4.39 Å². The van der Waals surface area contributed by atoms with Crippen molar-refractivity contribution in [1.29, 1.82) is 0 Å². The van der Waals surface area contributed by atoms with E-state index in [0.29, 0.717) is 21.7 Å². The lowest BCUT2D eigenvalue weighted by molar-refractivity contribution is 0.0562. The van der Waals surface area contributed by atoms with E-state index in [9.17, 15) is 9.18 Å². The van der Waals surface area contributed by atoms with Gasteiger partial charge >= 0.3 is 0 Å². The van der Waals surface area contributed by atoms with Gasteiger partial charge in [-0.15, -0.1) is 0 Å². The summed E-state index contributed by atoms with van der Waals surface area (Å²) in [5.74, 6) is -0.639. The van der Waals surface area contributed by atoms with Crippen molar-refractivity contribution in [2.45, 2.75) is 13.0 Å². The Morgan fingerprint density at radius 2 is 1.91 bits per heavy atom. The van der Waals surface area contributed by atoms with E-state index in [1.54, 1.807) is 44.2 Å². The second-order valence-corrected chi connectivity index (χ2v) is 8.34. The molecule has 1 atom stereocenters. The molecule has 0 N–H and O–H groups in total. The van der Waals surface area contributed by atoms with Crippen molar-refractivity contribution in [3.05, 3.63) is 87.9 Å². The molecule has 0 radical (unpaired) electrons. The van der Waals surface area contributed by atoms with Crippen LogP contribution in [0.4, 0.5) is 4.39 Å². The molecule has 0 aliphatic rings. The van der Waals surface area contributed by atoms with Gasteiger partial charge in [0.05, 0.1) is 10.5 Å². The highest BCUT2D eigenvalue weighted by molar-refractivity contribution is 6.36. The van der Waals surface area contributed by atoms with Crippen LogP contribution in [0, 0.1) is 5.82 Å². The molecule has 4 aromatic rings. The molecule has 2 aromatic carbocycles. The van der Waals surface area contributed by atoms with E-state index in [2.05, 4.69) is 4.98 Å². The first-order valence-electron chi connectivity index (χ1n) is 9.86. The first kappa shape index (κ1) is 22.1. The van der Waals surface area contributed by atoms with Crippen molar-refractivity contribution in [2.75, 3.05) is 14.1 Å². The van der Waals surface area contributed by atoms with Gasteiger partial charge in [-0.05, 0) is 48.9 Å².